The van der Waals surface area contributed by atoms with Crippen molar-refractivity contribution in [1.82, 2.24) is 4.90 Å². The van der Waals surface area contributed by atoms with Gasteiger partial charge < -0.3 is 16.4 Å². The highest BCUT2D eigenvalue weighted by atomic mass is 15.0. The summed E-state index contributed by atoms with van der Waals surface area (Å²) in [4.78, 5) is 2.13. The summed E-state index contributed by atoms with van der Waals surface area (Å²) in [6.07, 6.45) is 0.948. The molecule has 3 heteroatoms. The molecule has 0 bridgehead atoms. The second kappa shape index (κ2) is 4.33. The maximum Gasteiger partial charge on any atom is 0.0583 e. The first-order valence-electron chi connectivity index (χ1n) is 4.80. The van der Waals surface area contributed by atoms with Gasteiger partial charge in [0, 0.05) is 6.54 Å². The van der Waals surface area contributed by atoms with Crippen molar-refractivity contribution in [2.24, 2.45) is 0 Å². The number of rotatable bonds is 3. The zero-order valence-corrected chi connectivity index (χ0v) is 9.17. The van der Waals surface area contributed by atoms with Gasteiger partial charge in [-0.15, -0.1) is 0 Å². The quantitative estimate of drug-likeness (QED) is 0.711. The molecule has 14 heavy (non-hydrogen) atoms. The lowest BCUT2D eigenvalue weighted by Crippen LogP contribution is -2.16. The number of nitrogen functional groups attached to an aromatic ring is 2. The third kappa shape index (κ3) is 2.39. The third-order valence-corrected chi connectivity index (χ3v) is 2.42. The van der Waals surface area contributed by atoms with Crippen molar-refractivity contribution in [3.63, 3.8) is 0 Å². The average molecular weight is 193 g/mol. The van der Waals surface area contributed by atoms with Crippen LogP contribution in [-0.4, -0.2) is 25.5 Å². The van der Waals surface area contributed by atoms with Crippen LogP contribution >= 0.6 is 0 Å². The first kappa shape index (κ1) is 10.9. The Hall–Kier alpha value is -1.22. The van der Waals surface area contributed by atoms with Crippen LogP contribution in [0.3, 0.4) is 0 Å². The molecule has 1 aromatic carbocycles. The van der Waals surface area contributed by atoms with E-state index in [1.807, 2.05) is 27.1 Å². The van der Waals surface area contributed by atoms with Gasteiger partial charge in [-0.1, -0.05) is 12.1 Å². The summed E-state index contributed by atoms with van der Waals surface area (Å²) >= 11 is 0. The molecule has 0 atom stereocenters. The van der Waals surface area contributed by atoms with Crippen LogP contribution in [0.4, 0.5) is 11.4 Å². The van der Waals surface area contributed by atoms with Crippen LogP contribution in [0.1, 0.15) is 11.1 Å². The molecule has 78 valence electrons. The number of hydrogen-bond acceptors (Lipinski definition) is 3. The van der Waals surface area contributed by atoms with Crippen LogP contribution in [0.5, 0.6) is 0 Å². The SMILES string of the molecule is Cc1ccc(CCN(C)C)c(N)c1N. The van der Waals surface area contributed by atoms with Gasteiger partial charge in [-0.25, -0.2) is 0 Å². The smallest absolute Gasteiger partial charge is 0.0583 e. The summed E-state index contributed by atoms with van der Waals surface area (Å²) in [5, 5.41) is 0. The van der Waals surface area contributed by atoms with Crippen molar-refractivity contribution in [3.8, 4) is 0 Å². The summed E-state index contributed by atoms with van der Waals surface area (Å²) in [5.41, 5.74) is 15.4. The van der Waals surface area contributed by atoms with Crippen LogP contribution in [0.15, 0.2) is 12.1 Å². The van der Waals surface area contributed by atoms with E-state index < -0.39 is 0 Å². The molecule has 0 heterocycles. The molecule has 3 nitrogen and oxygen atoms in total. The van der Waals surface area contributed by atoms with Crippen molar-refractivity contribution < 1.29 is 0 Å². The maximum absolute atomic E-state index is 5.93. The van der Waals surface area contributed by atoms with Crippen molar-refractivity contribution in [1.29, 1.82) is 0 Å². The minimum atomic E-state index is 0.723. The van der Waals surface area contributed by atoms with Gasteiger partial charge in [-0.05, 0) is 38.6 Å². The summed E-state index contributed by atoms with van der Waals surface area (Å²) in [5.74, 6) is 0. The second-order valence-corrected chi connectivity index (χ2v) is 3.92. The Morgan fingerprint density at radius 3 is 2.36 bits per heavy atom. The molecule has 1 aromatic rings. The minimum Gasteiger partial charge on any atom is -0.397 e. The number of hydrogen-bond donors (Lipinski definition) is 2. The normalized spacial score (nSPS) is 10.9. The molecule has 0 saturated carbocycles. The molecule has 0 aliphatic heterocycles. The van der Waals surface area contributed by atoms with E-state index in [-0.39, 0.29) is 0 Å². The van der Waals surface area contributed by atoms with Crippen molar-refractivity contribution in [3.05, 3.63) is 23.3 Å². The lowest BCUT2D eigenvalue weighted by Gasteiger charge is -2.13. The molecule has 4 N–H and O–H groups in total. The second-order valence-electron chi connectivity index (χ2n) is 3.92. The van der Waals surface area contributed by atoms with E-state index in [0.717, 1.165) is 35.5 Å². The molecule has 0 spiro atoms. The summed E-state index contributed by atoms with van der Waals surface area (Å²) in [7, 11) is 4.10. The predicted molar refractivity (Wildman–Crippen MR) is 62.3 cm³/mol. The van der Waals surface area contributed by atoms with Gasteiger partial charge in [0.25, 0.3) is 0 Å². The van der Waals surface area contributed by atoms with E-state index in [1.54, 1.807) is 0 Å². The number of anilines is 2. The van der Waals surface area contributed by atoms with Crippen LogP contribution in [0.2, 0.25) is 0 Å². The van der Waals surface area contributed by atoms with Crippen LogP contribution in [0, 0.1) is 6.92 Å². The Labute approximate surface area is 85.7 Å². The van der Waals surface area contributed by atoms with E-state index in [4.69, 9.17) is 11.5 Å². The number of benzene rings is 1. The van der Waals surface area contributed by atoms with Crippen LogP contribution in [0.25, 0.3) is 0 Å². The summed E-state index contributed by atoms with van der Waals surface area (Å²) in [6, 6.07) is 4.08. The number of likely N-dealkylation sites (N-methyl/N-ethyl adjacent to an activating group) is 1. The topological polar surface area (TPSA) is 55.3 Å². The maximum atomic E-state index is 5.93. The van der Waals surface area contributed by atoms with Crippen LogP contribution in [-0.2, 0) is 6.42 Å². The van der Waals surface area contributed by atoms with Crippen molar-refractivity contribution in [2.45, 2.75) is 13.3 Å². The highest BCUT2D eigenvalue weighted by Crippen LogP contribution is 2.23. The molecule has 0 saturated heterocycles. The molecule has 1 rings (SSSR count). The molecule has 0 radical (unpaired) electrons. The number of nitrogens with zero attached hydrogens (tertiary/aromatic N) is 1. The molecular weight excluding hydrogens is 174 g/mol. The summed E-state index contributed by atoms with van der Waals surface area (Å²) in [6.45, 7) is 2.97. The first-order valence-corrected chi connectivity index (χ1v) is 4.80. The fourth-order valence-electron chi connectivity index (χ4n) is 1.35. The largest absolute Gasteiger partial charge is 0.397 e. The Bertz CT molecular complexity index is 319. The van der Waals surface area contributed by atoms with Gasteiger partial charge in [0.05, 0.1) is 11.4 Å². The van der Waals surface area contributed by atoms with Gasteiger partial charge in [0.1, 0.15) is 0 Å². The van der Waals surface area contributed by atoms with Crippen molar-refractivity contribution >= 4 is 11.4 Å². The van der Waals surface area contributed by atoms with Crippen molar-refractivity contribution in [2.75, 3.05) is 32.1 Å². The highest BCUT2D eigenvalue weighted by molar-refractivity contribution is 5.70. The third-order valence-electron chi connectivity index (χ3n) is 2.42. The molecule has 0 unspecified atom stereocenters. The van der Waals surface area contributed by atoms with Gasteiger partial charge in [0.15, 0.2) is 0 Å². The molecule has 0 aliphatic carbocycles. The fourth-order valence-corrected chi connectivity index (χ4v) is 1.35. The lowest BCUT2D eigenvalue weighted by molar-refractivity contribution is 0.414. The van der Waals surface area contributed by atoms with Crippen LogP contribution < -0.4 is 11.5 Å². The zero-order chi connectivity index (χ0) is 10.7. The lowest BCUT2D eigenvalue weighted by atomic mass is 10.0. The molecule has 0 aromatic heterocycles. The van der Waals surface area contributed by atoms with E-state index in [1.165, 1.54) is 0 Å². The van der Waals surface area contributed by atoms with E-state index >= 15 is 0 Å². The Balaban J connectivity index is 2.83. The fraction of sp³-hybridized carbons (Fsp3) is 0.455. The van der Waals surface area contributed by atoms with Gasteiger partial charge >= 0.3 is 0 Å². The average Bonchev–Trinajstić information content (AvgIpc) is 2.13. The van der Waals surface area contributed by atoms with Gasteiger partial charge in [0.2, 0.25) is 0 Å². The summed E-state index contributed by atoms with van der Waals surface area (Å²) < 4.78 is 0. The Kier molecular flexibility index (Phi) is 3.36. The predicted octanol–water partition coefficient (Wildman–Crippen LogP) is 1.26. The molecule has 0 aliphatic rings. The zero-order valence-electron chi connectivity index (χ0n) is 9.17. The van der Waals surface area contributed by atoms with Gasteiger partial charge in [-0.2, -0.15) is 0 Å². The Morgan fingerprint density at radius 2 is 1.79 bits per heavy atom. The molecular formula is C11H19N3. The Morgan fingerprint density at radius 1 is 1.14 bits per heavy atom. The minimum absolute atomic E-state index is 0.723. The molecule has 0 fully saturated rings. The van der Waals surface area contributed by atoms with Gasteiger partial charge in [-0.3, -0.25) is 0 Å². The number of nitrogens with two attached hydrogens (primary N) is 2. The first-order chi connectivity index (χ1) is 6.52. The van der Waals surface area contributed by atoms with E-state index in [9.17, 15) is 0 Å². The molecule has 0 amide bonds. The monoisotopic (exact) mass is 193 g/mol. The highest BCUT2D eigenvalue weighted by Gasteiger charge is 2.05. The standard InChI is InChI=1S/C11H19N3/c1-8-4-5-9(6-7-14(2)3)11(13)10(8)12/h4-5H,6-7,12-13H2,1-3H3. The van der Waals surface area contributed by atoms with E-state index in [2.05, 4.69) is 11.0 Å². The van der Waals surface area contributed by atoms with E-state index in [0.29, 0.717) is 0 Å². The number of aryl methyl sites for hydroxylation is 1.